The van der Waals surface area contributed by atoms with Crippen molar-refractivity contribution in [2.75, 3.05) is 20.0 Å². The minimum atomic E-state index is -1.59. The number of nitrogens with two attached hydrogens (primary N) is 1. The fraction of sp³-hybridized carbons (Fsp3) is 0.136. The zero-order chi connectivity index (χ0) is 23.4. The Kier molecular flexibility index (Phi) is 6.34. The van der Waals surface area contributed by atoms with Gasteiger partial charge in [-0.25, -0.2) is 9.59 Å². The number of nitrogens with one attached hydrogen (secondary N) is 1. The largest absolute Gasteiger partial charge is 0.496 e. The van der Waals surface area contributed by atoms with Crippen molar-refractivity contribution in [1.29, 1.82) is 0 Å². The van der Waals surface area contributed by atoms with Crippen molar-refractivity contribution >= 4 is 17.8 Å². The summed E-state index contributed by atoms with van der Waals surface area (Å²) < 4.78 is 16.4. The molecule has 0 fully saturated rings. The number of hydrogen-bond donors (Lipinski definition) is 4. The summed E-state index contributed by atoms with van der Waals surface area (Å²) in [5.41, 5.74) is 3.73. The molecule has 0 spiro atoms. The summed E-state index contributed by atoms with van der Waals surface area (Å²) in [6, 6.07) is 11.4. The Balaban J connectivity index is 2.16. The average Bonchev–Trinajstić information content (AvgIpc) is 2.76. The summed E-state index contributed by atoms with van der Waals surface area (Å²) in [5.74, 6) is -2.16. The number of aromatic nitrogens is 1. The summed E-state index contributed by atoms with van der Waals surface area (Å²) in [5, 5.41) is 19.2. The molecular weight excluding hydrogens is 420 g/mol. The third-order valence-electron chi connectivity index (χ3n) is 4.69. The second-order valence-corrected chi connectivity index (χ2v) is 6.57. The first kappa shape index (κ1) is 22.2. The van der Waals surface area contributed by atoms with E-state index < -0.39 is 34.4 Å². The van der Waals surface area contributed by atoms with Crippen LogP contribution in [0.3, 0.4) is 0 Å². The van der Waals surface area contributed by atoms with Gasteiger partial charge >= 0.3 is 11.9 Å². The third kappa shape index (κ3) is 4.19. The van der Waals surface area contributed by atoms with Crippen LogP contribution in [0.15, 0.2) is 47.3 Å². The number of benzene rings is 2. The van der Waals surface area contributed by atoms with E-state index in [4.69, 9.17) is 19.9 Å². The molecule has 0 bridgehead atoms. The SMILES string of the molecule is COc1ccc(-c2c(C(=O)O)c(N)[nH]c(=O)c2C(=O)O)cc1COc1ccccc1OC. The van der Waals surface area contributed by atoms with Gasteiger partial charge in [0.05, 0.1) is 14.2 Å². The fourth-order valence-corrected chi connectivity index (χ4v) is 3.28. The number of methoxy groups -OCH3 is 2. The van der Waals surface area contributed by atoms with Gasteiger partial charge in [0, 0.05) is 11.1 Å². The number of nitrogen functional groups attached to an aromatic ring is 1. The summed E-state index contributed by atoms with van der Waals surface area (Å²) in [4.78, 5) is 37.9. The van der Waals surface area contributed by atoms with Crippen LogP contribution in [-0.2, 0) is 6.61 Å². The molecule has 0 aliphatic heterocycles. The topological polar surface area (TPSA) is 161 Å². The first-order chi connectivity index (χ1) is 15.3. The Bertz CT molecular complexity index is 1250. The Labute approximate surface area is 181 Å². The Hall–Kier alpha value is -4.47. The molecular formula is C22H20N2O8. The highest BCUT2D eigenvalue weighted by Gasteiger charge is 2.27. The number of carboxylic acid groups (broad SMARTS) is 2. The van der Waals surface area contributed by atoms with Crippen LogP contribution in [0, 0.1) is 0 Å². The molecule has 0 amide bonds. The molecule has 0 unspecified atom stereocenters. The molecule has 1 aromatic heterocycles. The average molecular weight is 440 g/mol. The second-order valence-electron chi connectivity index (χ2n) is 6.57. The maximum absolute atomic E-state index is 12.3. The van der Waals surface area contributed by atoms with E-state index in [9.17, 15) is 24.6 Å². The predicted octanol–water partition coefficient (Wildman–Crippen LogP) is 2.62. The van der Waals surface area contributed by atoms with Gasteiger partial charge in [-0.1, -0.05) is 18.2 Å². The van der Waals surface area contributed by atoms with Crippen molar-refractivity contribution in [3.8, 4) is 28.4 Å². The van der Waals surface area contributed by atoms with E-state index in [2.05, 4.69) is 4.98 Å². The van der Waals surface area contributed by atoms with E-state index in [1.807, 2.05) is 0 Å². The van der Waals surface area contributed by atoms with Crippen LogP contribution in [0.25, 0.3) is 11.1 Å². The van der Waals surface area contributed by atoms with E-state index >= 15 is 0 Å². The molecule has 3 rings (SSSR count). The summed E-state index contributed by atoms with van der Waals surface area (Å²) in [7, 11) is 2.94. The number of ether oxygens (including phenoxy) is 3. The van der Waals surface area contributed by atoms with Crippen molar-refractivity contribution in [3.63, 3.8) is 0 Å². The number of rotatable bonds is 8. The number of pyridine rings is 1. The molecule has 0 radical (unpaired) electrons. The van der Waals surface area contributed by atoms with Crippen molar-refractivity contribution in [3.05, 3.63) is 69.5 Å². The summed E-state index contributed by atoms with van der Waals surface area (Å²) in [6.45, 7) is -0.0130. The van der Waals surface area contributed by atoms with Gasteiger partial charge in [-0.05, 0) is 29.8 Å². The lowest BCUT2D eigenvalue weighted by Crippen LogP contribution is -2.24. The van der Waals surface area contributed by atoms with Crippen LogP contribution in [0.4, 0.5) is 5.82 Å². The lowest BCUT2D eigenvalue weighted by Gasteiger charge is -2.16. The van der Waals surface area contributed by atoms with E-state index in [-0.39, 0.29) is 17.7 Å². The van der Waals surface area contributed by atoms with Crippen LogP contribution < -0.4 is 25.5 Å². The number of aromatic carboxylic acids is 2. The number of hydrogen-bond acceptors (Lipinski definition) is 7. The number of aromatic amines is 1. The Morgan fingerprint density at radius 2 is 1.56 bits per heavy atom. The van der Waals surface area contributed by atoms with Gasteiger partial charge in [0.25, 0.3) is 5.56 Å². The molecule has 1 heterocycles. The quantitative estimate of drug-likeness (QED) is 0.412. The number of para-hydroxylation sites is 2. The van der Waals surface area contributed by atoms with Gasteiger partial charge in [0.1, 0.15) is 29.3 Å². The fourth-order valence-electron chi connectivity index (χ4n) is 3.28. The lowest BCUT2D eigenvalue weighted by atomic mass is 9.94. The molecule has 0 saturated heterocycles. The van der Waals surface area contributed by atoms with Crippen molar-refractivity contribution in [2.45, 2.75) is 6.61 Å². The summed E-state index contributed by atoms with van der Waals surface area (Å²) in [6.07, 6.45) is 0. The molecule has 10 heteroatoms. The standard InChI is InChI=1S/C22H20N2O8/c1-30-13-8-7-11(9-12(13)10-32-15-6-4-3-5-14(15)31-2)16-17(21(26)27)19(23)24-20(25)18(16)22(28)29/h3-9H,10H2,1-2H3,(H,26,27)(H,28,29)(H3,23,24,25). The molecule has 0 saturated carbocycles. The minimum absolute atomic E-state index is 0.0130. The van der Waals surface area contributed by atoms with E-state index in [0.717, 1.165) is 0 Å². The normalized spacial score (nSPS) is 10.4. The van der Waals surface area contributed by atoms with Crippen LogP contribution in [-0.4, -0.2) is 41.4 Å². The minimum Gasteiger partial charge on any atom is -0.496 e. The van der Waals surface area contributed by atoms with Gasteiger partial charge < -0.3 is 35.1 Å². The first-order valence-electron chi connectivity index (χ1n) is 9.23. The Morgan fingerprint density at radius 3 is 2.16 bits per heavy atom. The van der Waals surface area contributed by atoms with E-state index in [0.29, 0.717) is 22.8 Å². The van der Waals surface area contributed by atoms with Gasteiger partial charge in [-0.3, -0.25) is 4.79 Å². The molecule has 10 nitrogen and oxygen atoms in total. The predicted molar refractivity (Wildman–Crippen MR) is 115 cm³/mol. The molecule has 3 aromatic rings. The number of carboxylic acids is 2. The third-order valence-corrected chi connectivity index (χ3v) is 4.69. The van der Waals surface area contributed by atoms with Crippen molar-refractivity contribution in [2.24, 2.45) is 0 Å². The summed E-state index contributed by atoms with van der Waals surface area (Å²) >= 11 is 0. The van der Waals surface area contributed by atoms with Crippen molar-refractivity contribution in [1.82, 2.24) is 4.98 Å². The smallest absolute Gasteiger partial charge is 0.342 e. The van der Waals surface area contributed by atoms with Gasteiger partial charge in [0.15, 0.2) is 11.5 Å². The number of carbonyl (C=O) groups is 2. The van der Waals surface area contributed by atoms with Gasteiger partial charge in [-0.2, -0.15) is 0 Å². The van der Waals surface area contributed by atoms with Gasteiger partial charge in [-0.15, -0.1) is 0 Å². The molecule has 0 atom stereocenters. The van der Waals surface area contributed by atoms with Crippen LogP contribution in [0.2, 0.25) is 0 Å². The highest BCUT2D eigenvalue weighted by molar-refractivity contribution is 6.07. The molecule has 0 aliphatic carbocycles. The molecule has 166 valence electrons. The van der Waals surface area contributed by atoms with E-state index in [1.165, 1.54) is 32.4 Å². The molecule has 2 aromatic carbocycles. The highest BCUT2D eigenvalue weighted by Crippen LogP contribution is 2.34. The lowest BCUT2D eigenvalue weighted by molar-refractivity contribution is 0.0695. The maximum atomic E-state index is 12.3. The highest BCUT2D eigenvalue weighted by atomic mass is 16.5. The van der Waals surface area contributed by atoms with Crippen LogP contribution in [0.5, 0.6) is 17.2 Å². The molecule has 0 aliphatic rings. The number of H-pyrrole nitrogens is 1. The zero-order valence-corrected chi connectivity index (χ0v) is 17.2. The molecule has 32 heavy (non-hydrogen) atoms. The van der Waals surface area contributed by atoms with E-state index in [1.54, 1.807) is 24.3 Å². The van der Waals surface area contributed by atoms with Crippen LogP contribution in [0.1, 0.15) is 26.3 Å². The zero-order valence-electron chi connectivity index (χ0n) is 17.2. The molecule has 5 N–H and O–H groups in total. The maximum Gasteiger partial charge on any atom is 0.342 e. The number of anilines is 1. The van der Waals surface area contributed by atoms with Gasteiger partial charge in [0.2, 0.25) is 0 Å². The van der Waals surface area contributed by atoms with Crippen molar-refractivity contribution < 1.29 is 34.0 Å². The first-order valence-corrected chi connectivity index (χ1v) is 9.23. The second kappa shape index (κ2) is 9.13. The Morgan fingerprint density at radius 1 is 0.938 bits per heavy atom. The monoisotopic (exact) mass is 440 g/mol. The van der Waals surface area contributed by atoms with Crippen LogP contribution >= 0.6 is 0 Å².